The van der Waals surface area contributed by atoms with E-state index < -0.39 is 17.2 Å². The van der Waals surface area contributed by atoms with E-state index in [2.05, 4.69) is 0 Å². The van der Waals surface area contributed by atoms with Crippen LogP contribution in [-0.4, -0.2) is 15.5 Å². The lowest BCUT2D eigenvalue weighted by molar-refractivity contribution is 0.103. The molecule has 0 aliphatic rings. The number of hydrogen-bond donors (Lipinski definition) is 1. The van der Waals surface area contributed by atoms with Crippen molar-refractivity contribution in [2.45, 2.75) is 39.7 Å². The fourth-order valence-electron chi connectivity index (χ4n) is 2.70. The summed E-state index contributed by atoms with van der Waals surface area (Å²) in [5.74, 6) is -0.843. The largest absolute Gasteiger partial charge is 0.494 e. The van der Waals surface area contributed by atoms with E-state index in [0.29, 0.717) is 17.0 Å². The Morgan fingerprint density at radius 1 is 1.28 bits per heavy atom. The van der Waals surface area contributed by atoms with E-state index in [1.165, 1.54) is 6.92 Å². The van der Waals surface area contributed by atoms with Gasteiger partial charge in [0, 0.05) is 17.1 Å². The van der Waals surface area contributed by atoms with Crippen molar-refractivity contribution in [3.05, 3.63) is 61.9 Å². The standard InChI is InChI=1S/C19H19ClN2O3/c1-3-4-5-10-22-18(24)15(11-21)12(2)16(19(22)25)17(23)13-6-8-14(20)9-7-13/h6-9,25H,3-5,10H2,1-2H3. The van der Waals surface area contributed by atoms with E-state index >= 15 is 0 Å². The molecule has 1 aromatic heterocycles. The summed E-state index contributed by atoms with van der Waals surface area (Å²) in [5, 5.41) is 20.4. The van der Waals surface area contributed by atoms with Crippen LogP contribution in [-0.2, 0) is 6.54 Å². The third-order valence-corrected chi connectivity index (χ3v) is 4.37. The monoisotopic (exact) mass is 358 g/mol. The summed E-state index contributed by atoms with van der Waals surface area (Å²) in [7, 11) is 0. The second-order valence-electron chi connectivity index (χ2n) is 5.81. The van der Waals surface area contributed by atoms with Gasteiger partial charge in [0.05, 0.1) is 5.56 Å². The van der Waals surface area contributed by atoms with Crippen LogP contribution in [0.2, 0.25) is 5.02 Å². The van der Waals surface area contributed by atoms with Crippen LogP contribution in [0.4, 0.5) is 0 Å². The molecular weight excluding hydrogens is 340 g/mol. The first-order valence-corrected chi connectivity index (χ1v) is 8.46. The maximum atomic E-state index is 12.8. The molecule has 25 heavy (non-hydrogen) atoms. The molecule has 0 atom stereocenters. The third-order valence-electron chi connectivity index (χ3n) is 4.12. The van der Waals surface area contributed by atoms with E-state index in [9.17, 15) is 20.0 Å². The number of ketones is 1. The van der Waals surface area contributed by atoms with Crippen LogP contribution in [0.1, 0.15) is 53.2 Å². The van der Waals surface area contributed by atoms with Gasteiger partial charge < -0.3 is 5.11 Å². The molecule has 1 N–H and O–H groups in total. The number of aromatic nitrogens is 1. The zero-order chi connectivity index (χ0) is 18.6. The zero-order valence-corrected chi connectivity index (χ0v) is 14.9. The number of aromatic hydroxyl groups is 1. The highest BCUT2D eigenvalue weighted by Crippen LogP contribution is 2.25. The molecule has 0 fully saturated rings. The van der Waals surface area contributed by atoms with Gasteiger partial charge in [-0.05, 0) is 43.2 Å². The Morgan fingerprint density at radius 3 is 2.48 bits per heavy atom. The molecule has 0 radical (unpaired) electrons. The van der Waals surface area contributed by atoms with Gasteiger partial charge in [0.2, 0.25) is 5.88 Å². The maximum absolute atomic E-state index is 12.8. The minimum atomic E-state index is -0.568. The van der Waals surface area contributed by atoms with Gasteiger partial charge in [-0.3, -0.25) is 14.2 Å². The van der Waals surface area contributed by atoms with Crippen molar-refractivity contribution < 1.29 is 9.90 Å². The summed E-state index contributed by atoms with van der Waals surface area (Å²) in [6.45, 7) is 3.78. The van der Waals surface area contributed by atoms with Crippen LogP contribution >= 0.6 is 11.6 Å². The molecular formula is C19H19ClN2O3. The van der Waals surface area contributed by atoms with Crippen molar-refractivity contribution in [3.63, 3.8) is 0 Å². The topological polar surface area (TPSA) is 83.1 Å². The van der Waals surface area contributed by atoms with E-state index in [0.717, 1.165) is 17.4 Å². The molecule has 0 aliphatic carbocycles. The molecule has 0 amide bonds. The number of hydrogen-bond acceptors (Lipinski definition) is 4. The van der Waals surface area contributed by atoms with Crippen LogP contribution in [0.15, 0.2) is 29.1 Å². The summed E-state index contributed by atoms with van der Waals surface area (Å²) in [4.78, 5) is 25.3. The fraction of sp³-hybridized carbons (Fsp3) is 0.316. The molecule has 2 aromatic rings. The van der Waals surface area contributed by atoms with Gasteiger partial charge in [-0.25, -0.2) is 0 Å². The first-order valence-electron chi connectivity index (χ1n) is 8.09. The quantitative estimate of drug-likeness (QED) is 0.628. The highest BCUT2D eigenvalue weighted by molar-refractivity contribution is 6.30. The first-order chi connectivity index (χ1) is 11.9. The molecule has 6 heteroatoms. The number of rotatable bonds is 6. The number of pyridine rings is 1. The van der Waals surface area contributed by atoms with Crippen LogP contribution in [0.5, 0.6) is 5.88 Å². The number of unbranched alkanes of at least 4 members (excludes halogenated alkanes) is 2. The summed E-state index contributed by atoms with van der Waals surface area (Å²) >= 11 is 5.84. The number of carbonyl (C=O) groups excluding carboxylic acids is 1. The third kappa shape index (κ3) is 3.75. The summed E-state index contributed by atoms with van der Waals surface area (Å²) in [6.07, 6.45) is 2.50. The Bertz CT molecular complexity index is 893. The van der Waals surface area contributed by atoms with Crippen molar-refractivity contribution in [2.24, 2.45) is 0 Å². The van der Waals surface area contributed by atoms with Gasteiger partial charge >= 0.3 is 0 Å². The van der Waals surface area contributed by atoms with Crippen LogP contribution in [0.25, 0.3) is 0 Å². The molecule has 2 rings (SSSR count). The minimum absolute atomic E-state index is 0.0185. The number of carbonyl (C=O) groups is 1. The van der Waals surface area contributed by atoms with Crippen LogP contribution < -0.4 is 5.56 Å². The van der Waals surface area contributed by atoms with Gasteiger partial charge in [-0.1, -0.05) is 31.4 Å². The maximum Gasteiger partial charge on any atom is 0.271 e. The minimum Gasteiger partial charge on any atom is -0.494 e. The molecule has 0 spiro atoms. The van der Waals surface area contributed by atoms with Crippen molar-refractivity contribution in [3.8, 4) is 11.9 Å². The molecule has 0 unspecified atom stereocenters. The first kappa shape index (κ1) is 18.8. The molecule has 1 heterocycles. The molecule has 0 saturated carbocycles. The Labute approximate surface area is 151 Å². The Balaban J connectivity index is 2.62. The lowest BCUT2D eigenvalue weighted by atomic mass is 9.97. The van der Waals surface area contributed by atoms with E-state index in [1.54, 1.807) is 24.3 Å². The van der Waals surface area contributed by atoms with Crippen molar-refractivity contribution >= 4 is 17.4 Å². The van der Waals surface area contributed by atoms with Gasteiger partial charge in [0.25, 0.3) is 5.56 Å². The van der Waals surface area contributed by atoms with Crippen molar-refractivity contribution in [2.75, 3.05) is 0 Å². The Morgan fingerprint density at radius 2 is 1.92 bits per heavy atom. The molecule has 5 nitrogen and oxygen atoms in total. The lowest BCUT2D eigenvalue weighted by Crippen LogP contribution is -2.27. The molecule has 0 saturated heterocycles. The lowest BCUT2D eigenvalue weighted by Gasteiger charge is -2.15. The van der Waals surface area contributed by atoms with Gasteiger partial charge in [-0.2, -0.15) is 5.26 Å². The van der Waals surface area contributed by atoms with Crippen molar-refractivity contribution in [1.29, 1.82) is 5.26 Å². The van der Waals surface area contributed by atoms with Gasteiger partial charge in [0.15, 0.2) is 5.78 Å². The van der Waals surface area contributed by atoms with Crippen LogP contribution in [0, 0.1) is 18.3 Å². The van der Waals surface area contributed by atoms with Gasteiger partial charge in [0.1, 0.15) is 11.6 Å². The molecule has 0 bridgehead atoms. The second-order valence-corrected chi connectivity index (χ2v) is 6.25. The van der Waals surface area contributed by atoms with Crippen LogP contribution in [0.3, 0.4) is 0 Å². The highest BCUT2D eigenvalue weighted by atomic mass is 35.5. The Hall–Kier alpha value is -2.58. The zero-order valence-electron chi connectivity index (χ0n) is 14.2. The molecule has 0 aliphatic heterocycles. The SMILES string of the molecule is CCCCCn1c(O)c(C(=O)c2ccc(Cl)cc2)c(C)c(C#N)c1=O. The number of nitriles is 1. The number of nitrogens with zero attached hydrogens (tertiary/aromatic N) is 2. The highest BCUT2D eigenvalue weighted by Gasteiger charge is 2.24. The summed E-state index contributed by atoms with van der Waals surface area (Å²) in [5.41, 5.74) is -0.190. The normalized spacial score (nSPS) is 10.5. The number of halogens is 1. The van der Waals surface area contributed by atoms with E-state index in [1.807, 2.05) is 13.0 Å². The van der Waals surface area contributed by atoms with Crippen molar-refractivity contribution in [1.82, 2.24) is 4.57 Å². The number of benzene rings is 1. The molecule has 130 valence electrons. The Kier molecular flexibility index (Phi) is 6.00. The smallest absolute Gasteiger partial charge is 0.271 e. The van der Waals surface area contributed by atoms with E-state index in [4.69, 9.17) is 11.6 Å². The fourth-order valence-corrected chi connectivity index (χ4v) is 2.82. The predicted molar refractivity (Wildman–Crippen MR) is 96.2 cm³/mol. The van der Waals surface area contributed by atoms with E-state index in [-0.39, 0.29) is 23.2 Å². The average molecular weight is 359 g/mol. The summed E-state index contributed by atoms with van der Waals surface area (Å²) < 4.78 is 1.12. The van der Waals surface area contributed by atoms with Gasteiger partial charge in [-0.15, -0.1) is 0 Å². The molecule has 1 aromatic carbocycles. The second kappa shape index (κ2) is 8.00. The average Bonchev–Trinajstić information content (AvgIpc) is 2.59. The predicted octanol–water partition coefficient (Wildman–Crippen LogP) is 3.81. The summed E-state index contributed by atoms with van der Waals surface area (Å²) in [6, 6.07) is 8.09.